The van der Waals surface area contributed by atoms with E-state index in [0.717, 1.165) is 43.1 Å². The molecule has 132 valence electrons. The number of rotatable bonds is 3. The molecule has 2 aliphatic rings. The summed E-state index contributed by atoms with van der Waals surface area (Å²) >= 11 is 0. The van der Waals surface area contributed by atoms with Crippen molar-refractivity contribution in [3.8, 4) is 0 Å². The molecule has 4 rings (SSSR count). The third-order valence-corrected chi connectivity index (χ3v) is 5.15. The summed E-state index contributed by atoms with van der Waals surface area (Å²) in [6, 6.07) is 5.66. The highest BCUT2D eigenvalue weighted by Gasteiger charge is 2.30. The summed E-state index contributed by atoms with van der Waals surface area (Å²) in [6.45, 7) is 8.81. The molecule has 0 bridgehead atoms. The Kier molecular flexibility index (Phi) is 3.85. The summed E-state index contributed by atoms with van der Waals surface area (Å²) in [7, 11) is 0. The molecule has 2 aromatic rings. The minimum atomic E-state index is -0.0545. The van der Waals surface area contributed by atoms with Crippen LogP contribution in [0.15, 0.2) is 23.0 Å². The molecular formula is C19H25N5O. The maximum atomic E-state index is 12.1. The van der Waals surface area contributed by atoms with E-state index in [1.165, 1.54) is 12.0 Å². The lowest BCUT2D eigenvalue weighted by Gasteiger charge is -2.40. The van der Waals surface area contributed by atoms with Crippen molar-refractivity contribution in [2.75, 3.05) is 18.0 Å². The predicted octanol–water partition coefficient (Wildman–Crippen LogP) is 1.96. The first-order chi connectivity index (χ1) is 11.9. The van der Waals surface area contributed by atoms with E-state index in [0.29, 0.717) is 12.5 Å². The van der Waals surface area contributed by atoms with Crippen LogP contribution in [0.4, 0.5) is 5.82 Å². The fourth-order valence-corrected chi connectivity index (χ4v) is 3.57. The molecule has 1 aliphatic carbocycles. The van der Waals surface area contributed by atoms with Gasteiger partial charge >= 0.3 is 0 Å². The Morgan fingerprint density at radius 3 is 2.72 bits per heavy atom. The lowest BCUT2D eigenvalue weighted by Crippen LogP contribution is -2.50. The van der Waals surface area contributed by atoms with Crippen LogP contribution < -0.4 is 10.5 Å². The molecule has 6 heteroatoms. The number of hydrogen-bond donors (Lipinski definition) is 0. The van der Waals surface area contributed by atoms with Gasteiger partial charge in [-0.2, -0.15) is 10.2 Å². The van der Waals surface area contributed by atoms with E-state index < -0.39 is 0 Å². The standard InChI is InChI=1S/C19H25N5O/c1-19(2,3)16-7-8-18(25)24(22-16)12-13-10-23(11-13)17-9-14-5-4-6-15(14)20-21-17/h7-9,13H,4-6,10-12H2,1-3H3. The third-order valence-electron chi connectivity index (χ3n) is 5.15. The molecule has 0 radical (unpaired) electrons. The van der Waals surface area contributed by atoms with Crippen LogP contribution in [-0.2, 0) is 24.8 Å². The first-order valence-corrected chi connectivity index (χ1v) is 9.09. The first kappa shape index (κ1) is 16.2. The van der Waals surface area contributed by atoms with Crippen molar-refractivity contribution in [2.24, 2.45) is 5.92 Å². The van der Waals surface area contributed by atoms with Crippen molar-refractivity contribution in [1.82, 2.24) is 20.0 Å². The van der Waals surface area contributed by atoms with Crippen LogP contribution >= 0.6 is 0 Å². The monoisotopic (exact) mass is 339 g/mol. The average Bonchev–Trinajstić information content (AvgIpc) is 2.98. The van der Waals surface area contributed by atoms with Crippen LogP contribution in [0.1, 0.15) is 44.1 Å². The second-order valence-corrected chi connectivity index (χ2v) is 8.29. The van der Waals surface area contributed by atoms with E-state index in [4.69, 9.17) is 0 Å². The van der Waals surface area contributed by atoms with E-state index in [2.05, 4.69) is 47.0 Å². The minimum absolute atomic E-state index is 0.0243. The third kappa shape index (κ3) is 3.17. The van der Waals surface area contributed by atoms with E-state index in [1.807, 2.05) is 6.07 Å². The van der Waals surface area contributed by atoms with Gasteiger partial charge in [-0.05, 0) is 37.0 Å². The smallest absolute Gasteiger partial charge is 0.266 e. The molecule has 1 fully saturated rings. The summed E-state index contributed by atoms with van der Waals surface area (Å²) < 4.78 is 1.62. The summed E-state index contributed by atoms with van der Waals surface area (Å²) in [5, 5.41) is 13.3. The maximum absolute atomic E-state index is 12.1. The largest absolute Gasteiger partial charge is 0.354 e. The van der Waals surface area contributed by atoms with Crippen LogP contribution in [0.3, 0.4) is 0 Å². The number of anilines is 1. The predicted molar refractivity (Wildman–Crippen MR) is 97.0 cm³/mol. The SMILES string of the molecule is CC(C)(C)c1ccc(=O)n(CC2CN(c3cc4c(nn3)CCC4)C2)n1. The van der Waals surface area contributed by atoms with Crippen molar-refractivity contribution in [3.63, 3.8) is 0 Å². The van der Waals surface area contributed by atoms with Crippen LogP contribution in [0.5, 0.6) is 0 Å². The highest BCUT2D eigenvalue weighted by molar-refractivity contribution is 5.45. The molecule has 25 heavy (non-hydrogen) atoms. The zero-order valence-corrected chi connectivity index (χ0v) is 15.2. The Balaban J connectivity index is 1.43. The molecule has 0 aromatic carbocycles. The van der Waals surface area contributed by atoms with Crippen molar-refractivity contribution in [3.05, 3.63) is 45.5 Å². The van der Waals surface area contributed by atoms with Gasteiger partial charge in [-0.3, -0.25) is 4.79 Å². The van der Waals surface area contributed by atoms with Gasteiger partial charge < -0.3 is 4.90 Å². The fraction of sp³-hybridized carbons (Fsp3) is 0.579. The van der Waals surface area contributed by atoms with Gasteiger partial charge in [0.2, 0.25) is 0 Å². The Bertz CT molecular complexity index is 846. The summed E-state index contributed by atoms with van der Waals surface area (Å²) in [4.78, 5) is 14.4. The number of aryl methyl sites for hydroxylation is 2. The van der Waals surface area contributed by atoms with Gasteiger partial charge in [-0.1, -0.05) is 20.8 Å². The summed E-state index contributed by atoms with van der Waals surface area (Å²) in [6.07, 6.45) is 3.37. The summed E-state index contributed by atoms with van der Waals surface area (Å²) in [5.41, 5.74) is 3.39. The number of nitrogens with zero attached hydrogens (tertiary/aromatic N) is 5. The number of fused-ring (bicyclic) bond motifs is 1. The molecule has 6 nitrogen and oxygen atoms in total. The highest BCUT2D eigenvalue weighted by Crippen LogP contribution is 2.27. The van der Waals surface area contributed by atoms with Crippen molar-refractivity contribution < 1.29 is 0 Å². The Morgan fingerprint density at radius 2 is 1.96 bits per heavy atom. The molecule has 0 N–H and O–H groups in total. The normalized spacial score (nSPS) is 17.5. The molecule has 0 spiro atoms. The highest BCUT2D eigenvalue weighted by atomic mass is 16.1. The van der Waals surface area contributed by atoms with Gasteiger partial charge in [-0.15, -0.1) is 5.10 Å². The quantitative estimate of drug-likeness (QED) is 0.855. The van der Waals surface area contributed by atoms with Gasteiger partial charge in [0.15, 0.2) is 5.82 Å². The van der Waals surface area contributed by atoms with Crippen LogP contribution in [0, 0.1) is 5.92 Å². The zero-order valence-electron chi connectivity index (χ0n) is 15.2. The van der Waals surface area contributed by atoms with Gasteiger partial charge in [0.05, 0.1) is 17.9 Å². The number of aromatic nitrogens is 4. The topological polar surface area (TPSA) is 63.9 Å². The van der Waals surface area contributed by atoms with Crippen LogP contribution in [0.2, 0.25) is 0 Å². The van der Waals surface area contributed by atoms with Crippen molar-refractivity contribution in [2.45, 2.75) is 52.0 Å². The molecule has 2 aromatic heterocycles. The number of hydrogen-bond acceptors (Lipinski definition) is 5. The molecule has 3 heterocycles. The van der Waals surface area contributed by atoms with Crippen LogP contribution in [-0.4, -0.2) is 33.1 Å². The minimum Gasteiger partial charge on any atom is -0.354 e. The maximum Gasteiger partial charge on any atom is 0.266 e. The van der Waals surface area contributed by atoms with Crippen molar-refractivity contribution >= 4 is 5.82 Å². The van der Waals surface area contributed by atoms with Gasteiger partial charge in [0.1, 0.15) is 0 Å². The zero-order chi connectivity index (χ0) is 17.6. The van der Waals surface area contributed by atoms with E-state index in [9.17, 15) is 4.79 Å². The van der Waals surface area contributed by atoms with Gasteiger partial charge in [0, 0.05) is 30.5 Å². The van der Waals surface area contributed by atoms with Crippen molar-refractivity contribution in [1.29, 1.82) is 0 Å². The molecule has 1 aliphatic heterocycles. The molecule has 1 saturated heterocycles. The molecular weight excluding hydrogens is 314 g/mol. The molecule has 0 atom stereocenters. The molecule has 0 amide bonds. The Labute approximate surface area is 147 Å². The molecule has 0 unspecified atom stereocenters. The van der Waals surface area contributed by atoms with E-state index in [1.54, 1.807) is 10.7 Å². The molecule has 0 saturated carbocycles. The lowest BCUT2D eigenvalue weighted by molar-refractivity contribution is 0.327. The second kappa shape index (κ2) is 5.93. The Hall–Kier alpha value is -2.24. The van der Waals surface area contributed by atoms with E-state index >= 15 is 0 Å². The second-order valence-electron chi connectivity index (χ2n) is 8.29. The summed E-state index contributed by atoms with van der Waals surface area (Å²) in [5.74, 6) is 1.40. The lowest BCUT2D eigenvalue weighted by atomic mass is 9.92. The first-order valence-electron chi connectivity index (χ1n) is 9.09. The van der Waals surface area contributed by atoms with E-state index in [-0.39, 0.29) is 11.0 Å². The fourth-order valence-electron chi connectivity index (χ4n) is 3.57. The van der Waals surface area contributed by atoms with Crippen LogP contribution in [0.25, 0.3) is 0 Å². The Morgan fingerprint density at radius 1 is 1.16 bits per heavy atom. The van der Waals surface area contributed by atoms with Gasteiger partial charge in [0.25, 0.3) is 5.56 Å². The van der Waals surface area contributed by atoms with Gasteiger partial charge in [-0.25, -0.2) is 4.68 Å². The average molecular weight is 339 g/mol.